The molecule has 6 heteroatoms. The first-order valence-electron chi connectivity index (χ1n) is 8.06. The van der Waals surface area contributed by atoms with Crippen molar-refractivity contribution in [3.63, 3.8) is 0 Å². The predicted octanol–water partition coefficient (Wildman–Crippen LogP) is 5.11. The SMILES string of the molecule is Cc1ccc(-c2csc(S[C@@H](C)C(=O)Nc3ccccc3C#N)n2)cc1. The van der Waals surface area contributed by atoms with E-state index >= 15 is 0 Å². The average molecular weight is 380 g/mol. The molecule has 130 valence electrons. The number of thioether (sulfide) groups is 1. The highest BCUT2D eigenvalue weighted by molar-refractivity contribution is 8.02. The zero-order valence-corrected chi connectivity index (χ0v) is 16.0. The molecule has 3 aromatic rings. The van der Waals surface area contributed by atoms with Gasteiger partial charge in [0.05, 0.1) is 22.2 Å². The fourth-order valence-electron chi connectivity index (χ4n) is 2.30. The van der Waals surface area contributed by atoms with Crippen LogP contribution in [0.4, 0.5) is 5.69 Å². The van der Waals surface area contributed by atoms with Crippen molar-refractivity contribution >= 4 is 34.7 Å². The molecule has 0 saturated heterocycles. The molecular formula is C20H17N3OS2. The summed E-state index contributed by atoms with van der Waals surface area (Å²) in [5, 5.41) is 13.6. The van der Waals surface area contributed by atoms with Crippen molar-refractivity contribution in [1.82, 2.24) is 4.98 Å². The summed E-state index contributed by atoms with van der Waals surface area (Å²) in [5.74, 6) is -0.148. The Balaban J connectivity index is 1.66. The first kappa shape index (κ1) is 18.2. The molecule has 2 aromatic carbocycles. The van der Waals surface area contributed by atoms with Crippen LogP contribution in [0.1, 0.15) is 18.1 Å². The summed E-state index contributed by atoms with van der Waals surface area (Å²) < 4.78 is 0.844. The van der Waals surface area contributed by atoms with Crippen LogP contribution in [0.3, 0.4) is 0 Å². The Kier molecular flexibility index (Phi) is 5.71. The van der Waals surface area contributed by atoms with Crippen molar-refractivity contribution in [2.45, 2.75) is 23.4 Å². The fourth-order valence-corrected chi connectivity index (χ4v) is 4.27. The van der Waals surface area contributed by atoms with E-state index in [1.807, 2.05) is 24.4 Å². The second-order valence-corrected chi connectivity index (χ2v) is 8.22. The second-order valence-electron chi connectivity index (χ2n) is 5.77. The zero-order chi connectivity index (χ0) is 18.5. The molecular weight excluding hydrogens is 362 g/mol. The van der Waals surface area contributed by atoms with E-state index < -0.39 is 0 Å². The van der Waals surface area contributed by atoms with E-state index in [1.165, 1.54) is 28.7 Å². The van der Waals surface area contributed by atoms with Crippen molar-refractivity contribution in [3.05, 3.63) is 65.0 Å². The average Bonchev–Trinajstić information content (AvgIpc) is 3.11. The molecule has 0 spiro atoms. The van der Waals surface area contributed by atoms with E-state index in [4.69, 9.17) is 5.26 Å². The molecule has 0 bridgehead atoms. The van der Waals surface area contributed by atoms with E-state index in [1.54, 1.807) is 24.3 Å². The summed E-state index contributed by atoms with van der Waals surface area (Å²) in [6.45, 7) is 3.89. The summed E-state index contributed by atoms with van der Waals surface area (Å²) in [6.07, 6.45) is 0. The number of hydrogen-bond acceptors (Lipinski definition) is 5. The summed E-state index contributed by atoms with van der Waals surface area (Å²) in [6, 6.07) is 17.3. The normalized spacial score (nSPS) is 11.6. The summed E-state index contributed by atoms with van der Waals surface area (Å²) in [4.78, 5) is 17.1. The molecule has 0 aliphatic heterocycles. The summed E-state index contributed by atoms with van der Waals surface area (Å²) >= 11 is 2.94. The van der Waals surface area contributed by atoms with E-state index in [0.717, 1.165) is 15.6 Å². The smallest absolute Gasteiger partial charge is 0.237 e. The van der Waals surface area contributed by atoms with Gasteiger partial charge in [-0.25, -0.2) is 4.98 Å². The Bertz CT molecular complexity index is 958. The number of benzene rings is 2. The molecule has 1 amide bonds. The van der Waals surface area contributed by atoms with Gasteiger partial charge in [-0.05, 0) is 26.0 Å². The van der Waals surface area contributed by atoms with Crippen LogP contribution in [0.15, 0.2) is 58.3 Å². The number of nitrogens with zero attached hydrogens (tertiary/aromatic N) is 2. The molecule has 0 radical (unpaired) electrons. The highest BCUT2D eigenvalue weighted by Crippen LogP contribution is 2.31. The van der Waals surface area contributed by atoms with Crippen molar-refractivity contribution in [2.24, 2.45) is 0 Å². The molecule has 0 aliphatic rings. The Labute approximate surface area is 160 Å². The molecule has 26 heavy (non-hydrogen) atoms. The van der Waals surface area contributed by atoms with Crippen molar-refractivity contribution < 1.29 is 4.79 Å². The van der Waals surface area contributed by atoms with Gasteiger partial charge in [0.1, 0.15) is 6.07 Å². The monoisotopic (exact) mass is 379 g/mol. The Hall–Kier alpha value is -2.62. The number of rotatable bonds is 5. The topological polar surface area (TPSA) is 65.8 Å². The van der Waals surface area contributed by atoms with Crippen LogP contribution in [0, 0.1) is 18.3 Å². The van der Waals surface area contributed by atoms with Gasteiger partial charge in [-0.15, -0.1) is 11.3 Å². The second kappa shape index (κ2) is 8.17. The molecule has 1 heterocycles. The van der Waals surface area contributed by atoms with Crippen LogP contribution in [-0.2, 0) is 4.79 Å². The molecule has 1 aromatic heterocycles. The van der Waals surface area contributed by atoms with Gasteiger partial charge < -0.3 is 5.32 Å². The minimum Gasteiger partial charge on any atom is -0.324 e. The lowest BCUT2D eigenvalue weighted by Gasteiger charge is -2.11. The number of amides is 1. The van der Waals surface area contributed by atoms with Gasteiger partial charge in [0.15, 0.2) is 4.34 Å². The van der Waals surface area contributed by atoms with Gasteiger partial charge in [0.2, 0.25) is 5.91 Å². The Morgan fingerprint density at radius 1 is 1.23 bits per heavy atom. The van der Waals surface area contributed by atoms with Gasteiger partial charge in [-0.1, -0.05) is 53.7 Å². The molecule has 0 fully saturated rings. The first-order valence-corrected chi connectivity index (χ1v) is 9.82. The third kappa shape index (κ3) is 4.31. The van der Waals surface area contributed by atoms with Crippen LogP contribution in [0.2, 0.25) is 0 Å². The molecule has 3 rings (SSSR count). The van der Waals surface area contributed by atoms with Crippen molar-refractivity contribution in [3.8, 4) is 17.3 Å². The number of para-hydroxylation sites is 1. The van der Waals surface area contributed by atoms with Gasteiger partial charge in [-0.2, -0.15) is 5.26 Å². The maximum absolute atomic E-state index is 12.4. The van der Waals surface area contributed by atoms with Gasteiger partial charge in [0.25, 0.3) is 0 Å². The lowest BCUT2D eigenvalue weighted by molar-refractivity contribution is -0.115. The molecule has 1 atom stereocenters. The number of carbonyl (C=O) groups excluding carboxylic acids is 1. The van der Waals surface area contributed by atoms with Crippen molar-refractivity contribution in [1.29, 1.82) is 5.26 Å². The van der Waals surface area contributed by atoms with Crippen LogP contribution in [-0.4, -0.2) is 16.1 Å². The minimum absolute atomic E-state index is 0.148. The van der Waals surface area contributed by atoms with E-state index in [2.05, 4.69) is 35.4 Å². The van der Waals surface area contributed by atoms with E-state index in [0.29, 0.717) is 11.3 Å². The molecule has 4 nitrogen and oxygen atoms in total. The number of carbonyl (C=O) groups is 1. The fraction of sp³-hybridized carbons (Fsp3) is 0.150. The van der Waals surface area contributed by atoms with Crippen molar-refractivity contribution in [2.75, 3.05) is 5.32 Å². The van der Waals surface area contributed by atoms with Gasteiger partial charge >= 0.3 is 0 Å². The first-order chi connectivity index (χ1) is 12.6. The lowest BCUT2D eigenvalue weighted by atomic mass is 10.1. The lowest BCUT2D eigenvalue weighted by Crippen LogP contribution is -2.22. The number of aryl methyl sites for hydroxylation is 1. The number of nitrogens with one attached hydrogen (secondary N) is 1. The predicted molar refractivity (Wildman–Crippen MR) is 107 cm³/mol. The highest BCUT2D eigenvalue weighted by Gasteiger charge is 2.18. The van der Waals surface area contributed by atoms with Crippen LogP contribution in [0.25, 0.3) is 11.3 Å². The summed E-state index contributed by atoms with van der Waals surface area (Å²) in [7, 11) is 0. The Morgan fingerprint density at radius 3 is 2.69 bits per heavy atom. The van der Waals surface area contributed by atoms with E-state index in [9.17, 15) is 4.79 Å². The van der Waals surface area contributed by atoms with E-state index in [-0.39, 0.29) is 11.2 Å². The zero-order valence-electron chi connectivity index (χ0n) is 14.4. The number of hydrogen-bond donors (Lipinski definition) is 1. The summed E-state index contributed by atoms with van der Waals surface area (Å²) in [5.41, 5.74) is 4.18. The number of nitriles is 1. The van der Waals surface area contributed by atoms with Gasteiger partial charge in [-0.3, -0.25) is 4.79 Å². The maximum Gasteiger partial charge on any atom is 0.237 e. The number of thiazole rings is 1. The maximum atomic E-state index is 12.4. The van der Waals surface area contributed by atoms with Gasteiger partial charge in [0, 0.05) is 10.9 Å². The largest absolute Gasteiger partial charge is 0.324 e. The quantitative estimate of drug-likeness (QED) is 0.626. The minimum atomic E-state index is -0.321. The molecule has 1 N–H and O–H groups in total. The Morgan fingerprint density at radius 2 is 1.96 bits per heavy atom. The van der Waals surface area contributed by atoms with Crippen LogP contribution >= 0.6 is 23.1 Å². The molecule has 0 saturated carbocycles. The van der Waals surface area contributed by atoms with Crippen LogP contribution in [0.5, 0.6) is 0 Å². The highest BCUT2D eigenvalue weighted by atomic mass is 32.2. The third-order valence-electron chi connectivity index (χ3n) is 3.78. The standard InChI is InChI=1S/C20H17N3OS2/c1-13-7-9-15(10-8-13)18-12-25-20(23-18)26-14(2)19(24)22-17-6-4-3-5-16(17)11-21/h3-10,12,14H,1-2H3,(H,22,24)/t14-/m0/s1. The van der Waals surface area contributed by atoms with Crippen LogP contribution < -0.4 is 5.32 Å². The number of aromatic nitrogens is 1. The number of anilines is 1. The molecule has 0 aliphatic carbocycles. The molecule has 0 unspecified atom stereocenters. The third-order valence-corrected chi connectivity index (χ3v) is 5.85.